The van der Waals surface area contributed by atoms with Crippen LogP contribution in [0.2, 0.25) is 5.15 Å². The van der Waals surface area contributed by atoms with Crippen LogP contribution in [-0.2, 0) is 0 Å². The van der Waals surface area contributed by atoms with Crippen molar-refractivity contribution in [3.63, 3.8) is 0 Å². The summed E-state index contributed by atoms with van der Waals surface area (Å²) in [6.07, 6.45) is 9.27. The quantitative estimate of drug-likeness (QED) is 0.456. The van der Waals surface area contributed by atoms with Crippen LogP contribution < -0.4 is 11.1 Å². The molecule has 0 amide bonds. The third-order valence-electron chi connectivity index (χ3n) is 1.88. The van der Waals surface area contributed by atoms with E-state index in [9.17, 15) is 0 Å². The lowest BCUT2D eigenvalue weighted by molar-refractivity contribution is 0.787. The first kappa shape index (κ1) is 11.6. The van der Waals surface area contributed by atoms with Gasteiger partial charge in [-0.2, -0.15) is 0 Å². The molecule has 0 aliphatic carbocycles. The lowest BCUT2D eigenvalue weighted by Gasteiger charge is -2.07. The highest BCUT2D eigenvalue weighted by atomic mass is 35.5. The average molecular weight is 225 g/mol. The molecule has 0 unspecified atom stereocenters. The molecule has 5 heteroatoms. The van der Waals surface area contributed by atoms with E-state index in [1.165, 1.54) is 6.33 Å². The van der Waals surface area contributed by atoms with Crippen LogP contribution in [0.4, 0.5) is 11.5 Å². The summed E-state index contributed by atoms with van der Waals surface area (Å²) in [5.74, 6) is 3.17. The van der Waals surface area contributed by atoms with Crippen molar-refractivity contribution in [2.75, 3.05) is 17.6 Å². The Hall–Kier alpha value is -1.47. The van der Waals surface area contributed by atoms with Crippen LogP contribution in [-0.4, -0.2) is 16.5 Å². The van der Waals surface area contributed by atoms with Crippen LogP contribution in [0.5, 0.6) is 0 Å². The van der Waals surface area contributed by atoms with Gasteiger partial charge in [0.1, 0.15) is 12.0 Å². The van der Waals surface area contributed by atoms with Gasteiger partial charge in [-0.1, -0.05) is 11.6 Å². The Labute approximate surface area is 94.3 Å². The van der Waals surface area contributed by atoms with Gasteiger partial charge >= 0.3 is 0 Å². The van der Waals surface area contributed by atoms with Crippen molar-refractivity contribution in [1.29, 1.82) is 0 Å². The molecule has 0 radical (unpaired) electrons. The zero-order chi connectivity index (χ0) is 11.1. The maximum atomic E-state index is 5.73. The summed E-state index contributed by atoms with van der Waals surface area (Å²) in [7, 11) is 0. The molecule has 1 heterocycles. The third-order valence-corrected chi connectivity index (χ3v) is 2.18. The number of aromatic nitrogens is 2. The summed E-state index contributed by atoms with van der Waals surface area (Å²) in [6.45, 7) is 0.777. The second-order valence-corrected chi connectivity index (χ2v) is 3.37. The zero-order valence-electron chi connectivity index (χ0n) is 8.33. The summed E-state index contributed by atoms with van der Waals surface area (Å²) < 4.78 is 0. The smallest absolute Gasteiger partial charge is 0.157 e. The van der Waals surface area contributed by atoms with Crippen molar-refractivity contribution in [2.24, 2.45) is 0 Å². The summed E-state index contributed by atoms with van der Waals surface area (Å²) in [6, 6.07) is 0. The van der Waals surface area contributed by atoms with E-state index in [0.29, 0.717) is 11.5 Å². The number of halogens is 1. The standard InChI is InChI=1S/C10H13ClN4/c1-2-3-4-5-6-13-10-8(12)9(11)14-7-15-10/h1,7H,3-6,12H2,(H,13,14,15). The topological polar surface area (TPSA) is 63.8 Å². The van der Waals surface area contributed by atoms with Crippen LogP contribution in [0.1, 0.15) is 19.3 Å². The van der Waals surface area contributed by atoms with E-state index in [1.54, 1.807) is 0 Å². The van der Waals surface area contributed by atoms with Crippen LogP contribution in [0, 0.1) is 12.3 Å². The Morgan fingerprint density at radius 2 is 2.27 bits per heavy atom. The molecule has 1 aromatic heterocycles. The Kier molecular flexibility index (Phi) is 4.72. The molecular weight excluding hydrogens is 212 g/mol. The van der Waals surface area contributed by atoms with Gasteiger partial charge in [0.25, 0.3) is 0 Å². The molecule has 3 N–H and O–H groups in total. The fourth-order valence-corrected chi connectivity index (χ4v) is 1.21. The number of nitrogens with two attached hydrogens (primary N) is 1. The molecule has 0 fully saturated rings. The number of anilines is 2. The minimum atomic E-state index is 0.274. The molecule has 0 aromatic carbocycles. The van der Waals surface area contributed by atoms with Crippen molar-refractivity contribution in [2.45, 2.75) is 19.3 Å². The van der Waals surface area contributed by atoms with Crippen molar-refractivity contribution in [3.05, 3.63) is 11.5 Å². The minimum absolute atomic E-state index is 0.274. The fourth-order valence-electron chi connectivity index (χ4n) is 1.07. The number of terminal acetylenes is 1. The first-order valence-electron chi connectivity index (χ1n) is 4.69. The summed E-state index contributed by atoms with van der Waals surface area (Å²) in [5.41, 5.74) is 6.06. The summed E-state index contributed by atoms with van der Waals surface area (Å²) in [5, 5.41) is 3.36. The Morgan fingerprint density at radius 1 is 1.47 bits per heavy atom. The van der Waals surface area contributed by atoms with Crippen LogP contribution >= 0.6 is 11.6 Å². The molecular formula is C10H13ClN4. The average Bonchev–Trinajstić information content (AvgIpc) is 2.24. The number of nitrogens with one attached hydrogen (secondary N) is 1. The Bertz CT molecular complexity index is 359. The van der Waals surface area contributed by atoms with Gasteiger partial charge in [0.2, 0.25) is 0 Å². The summed E-state index contributed by atoms with van der Waals surface area (Å²) >= 11 is 5.73. The van der Waals surface area contributed by atoms with Gasteiger partial charge in [-0.25, -0.2) is 9.97 Å². The highest BCUT2D eigenvalue weighted by Gasteiger charge is 2.04. The third kappa shape index (κ3) is 3.64. The van der Waals surface area contributed by atoms with E-state index < -0.39 is 0 Å². The van der Waals surface area contributed by atoms with Crippen molar-refractivity contribution < 1.29 is 0 Å². The molecule has 0 atom stereocenters. The van der Waals surface area contributed by atoms with Gasteiger partial charge in [0.15, 0.2) is 11.0 Å². The predicted octanol–water partition coefficient (Wildman–Crippen LogP) is 1.93. The highest BCUT2D eigenvalue weighted by molar-refractivity contribution is 6.32. The van der Waals surface area contributed by atoms with Crippen molar-refractivity contribution in [1.82, 2.24) is 9.97 Å². The lowest BCUT2D eigenvalue weighted by Crippen LogP contribution is -2.07. The predicted molar refractivity (Wildman–Crippen MR) is 62.6 cm³/mol. The molecule has 15 heavy (non-hydrogen) atoms. The first-order chi connectivity index (χ1) is 7.25. The molecule has 1 rings (SSSR count). The molecule has 0 bridgehead atoms. The monoisotopic (exact) mass is 224 g/mol. The van der Waals surface area contributed by atoms with E-state index >= 15 is 0 Å². The van der Waals surface area contributed by atoms with Gasteiger partial charge < -0.3 is 11.1 Å². The molecule has 1 aromatic rings. The normalized spacial score (nSPS) is 9.60. The molecule has 4 nitrogen and oxygen atoms in total. The van der Waals surface area contributed by atoms with Crippen molar-refractivity contribution >= 4 is 23.1 Å². The van der Waals surface area contributed by atoms with E-state index in [4.69, 9.17) is 23.8 Å². The number of nitrogens with zero attached hydrogens (tertiary/aromatic N) is 2. The number of unbranched alkanes of at least 4 members (excludes halogenated alkanes) is 2. The number of nitrogen functional groups attached to an aromatic ring is 1. The lowest BCUT2D eigenvalue weighted by atomic mass is 10.2. The van der Waals surface area contributed by atoms with Gasteiger partial charge in [0.05, 0.1) is 0 Å². The van der Waals surface area contributed by atoms with Gasteiger partial charge in [-0.3, -0.25) is 0 Å². The molecule has 0 saturated carbocycles. The molecule has 80 valence electrons. The van der Waals surface area contributed by atoms with Gasteiger partial charge in [0, 0.05) is 13.0 Å². The first-order valence-corrected chi connectivity index (χ1v) is 5.07. The van der Waals surface area contributed by atoms with Crippen LogP contribution in [0.25, 0.3) is 0 Å². The van der Waals surface area contributed by atoms with Gasteiger partial charge in [-0.15, -0.1) is 12.3 Å². The van der Waals surface area contributed by atoms with Crippen LogP contribution in [0.15, 0.2) is 6.33 Å². The minimum Gasteiger partial charge on any atom is -0.393 e. The SMILES string of the molecule is C#CCCCCNc1ncnc(Cl)c1N. The number of rotatable bonds is 5. The highest BCUT2D eigenvalue weighted by Crippen LogP contribution is 2.21. The molecule has 0 aliphatic heterocycles. The van der Waals surface area contributed by atoms with Crippen molar-refractivity contribution in [3.8, 4) is 12.3 Å². The molecule has 0 aliphatic rings. The number of hydrogen-bond donors (Lipinski definition) is 2. The summed E-state index contributed by atoms with van der Waals surface area (Å²) in [4.78, 5) is 7.74. The number of hydrogen-bond acceptors (Lipinski definition) is 4. The van der Waals surface area contributed by atoms with Gasteiger partial charge in [-0.05, 0) is 12.8 Å². The largest absolute Gasteiger partial charge is 0.393 e. The van der Waals surface area contributed by atoms with Crippen LogP contribution in [0.3, 0.4) is 0 Å². The van der Waals surface area contributed by atoms with E-state index in [2.05, 4.69) is 21.2 Å². The maximum Gasteiger partial charge on any atom is 0.157 e. The maximum absolute atomic E-state index is 5.73. The fraction of sp³-hybridized carbons (Fsp3) is 0.400. The van der Waals surface area contributed by atoms with E-state index in [0.717, 1.165) is 25.8 Å². The molecule has 0 saturated heterocycles. The Morgan fingerprint density at radius 3 is 3.00 bits per heavy atom. The second kappa shape index (κ2) is 6.10. The second-order valence-electron chi connectivity index (χ2n) is 3.01. The molecule has 0 spiro atoms. The Balaban J connectivity index is 2.38. The van der Waals surface area contributed by atoms with E-state index in [1.807, 2.05) is 0 Å². The zero-order valence-corrected chi connectivity index (χ0v) is 9.09. The van der Waals surface area contributed by atoms with E-state index in [-0.39, 0.29) is 5.15 Å².